The number of hydrogen-bond donors (Lipinski definition) is 2. The summed E-state index contributed by atoms with van der Waals surface area (Å²) in [6, 6.07) is 0.865. The van der Waals surface area contributed by atoms with Crippen molar-refractivity contribution in [2.45, 2.75) is 33.0 Å². The normalized spacial score (nSPS) is 11.8. The Morgan fingerprint density at radius 1 is 1.34 bits per heavy atom. The van der Waals surface area contributed by atoms with Crippen molar-refractivity contribution in [3.8, 4) is 0 Å². The summed E-state index contributed by atoms with van der Waals surface area (Å²) in [7, 11) is 0. The number of pyridine rings is 1. The second kappa shape index (κ2) is 7.64. The third kappa shape index (κ3) is 4.35. The van der Waals surface area contributed by atoms with Gasteiger partial charge in [-0.2, -0.15) is 18.3 Å². The predicted octanol–water partition coefficient (Wildman–Crippen LogP) is 3.91. The molecule has 154 valence electrons. The zero-order chi connectivity index (χ0) is 21.5. The largest absolute Gasteiger partial charge is 0.433 e. The number of rotatable bonds is 5. The number of nitrogens with one attached hydrogen (secondary N) is 1. The molecule has 2 amide bonds. The summed E-state index contributed by atoms with van der Waals surface area (Å²) < 4.78 is 40.6. The van der Waals surface area contributed by atoms with Crippen LogP contribution in [0, 0.1) is 13.8 Å². The molecule has 0 bridgehead atoms. The number of amides is 2. The van der Waals surface area contributed by atoms with Gasteiger partial charge in [0, 0.05) is 24.5 Å². The summed E-state index contributed by atoms with van der Waals surface area (Å²) in [5.74, 6) is -1.33. The van der Waals surface area contributed by atoms with E-state index < -0.39 is 23.7 Å². The molecule has 0 saturated heterocycles. The van der Waals surface area contributed by atoms with Crippen LogP contribution in [0.1, 0.15) is 33.0 Å². The molecule has 29 heavy (non-hydrogen) atoms. The molecule has 3 heterocycles. The van der Waals surface area contributed by atoms with E-state index in [9.17, 15) is 22.8 Å². The van der Waals surface area contributed by atoms with Crippen molar-refractivity contribution in [1.82, 2.24) is 14.8 Å². The van der Waals surface area contributed by atoms with Gasteiger partial charge in [-0.3, -0.25) is 14.3 Å². The van der Waals surface area contributed by atoms with E-state index in [0.29, 0.717) is 22.1 Å². The van der Waals surface area contributed by atoms with Gasteiger partial charge in [-0.05, 0) is 25.5 Å². The summed E-state index contributed by atoms with van der Waals surface area (Å²) in [6.45, 7) is 3.39. The van der Waals surface area contributed by atoms with Crippen LogP contribution < -0.4 is 11.1 Å². The third-order valence-electron chi connectivity index (χ3n) is 4.09. The van der Waals surface area contributed by atoms with Gasteiger partial charge in [0.25, 0.3) is 5.91 Å². The average Bonchev–Trinajstić information content (AvgIpc) is 3.13. The van der Waals surface area contributed by atoms with Crippen molar-refractivity contribution in [1.29, 1.82) is 0 Å². The summed E-state index contributed by atoms with van der Waals surface area (Å²) in [4.78, 5) is 27.7. The van der Waals surface area contributed by atoms with Crippen molar-refractivity contribution in [2.75, 3.05) is 5.32 Å². The smallest absolute Gasteiger partial charge is 0.365 e. The van der Waals surface area contributed by atoms with E-state index in [2.05, 4.69) is 15.4 Å². The summed E-state index contributed by atoms with van der Waals surface area (Å²) >= 11 is 6.62. The lowest BCUT2D eigenvalue weighted by molar-refractivity contribution is -0.141. The monoisotopic (exact) mass is 445 g/mol. The van der Waals surface area contributed by atoms with Gasteiger partial charge in [0.2, 0.25) is 5.91 Å². The lowest BCUT2D eigenvalue weighted by atomic mass is 10.1. The number of fused-ring (bicyclic) bond motifs is 1. The maximum atomic E-state index is 13.0. The fourth-order valence-corrected chi connectivity index (χ4v) is 3.96. The van der Waals surface area contributed by atoms with Crippen molar-refractivity contribution < 1.29 is 22.8 Å². The topological polar surface area (TPSA) is 103 Å². The average molecular weight is 446 g/mol. The van der Waals surface area contributed by atoms with Gasteiger partial charge in [0.05, 0.1) is 16.4 Å². The fraction of sp³-hybridized carbons (Fsp3) is 0.294. The van der Waals surface area contributed by atoms with Gasteiger partial charge < -0.3 is 11.1 Å². The Morgan fingerprint density at radius 2 is 2.03 bits per heavy atom. The molecule has 3 aromatic heterocycles. The zero-order valence-corrected chi connectivity index (χ0v) is 16.8. The van der Waals surface area contributed by atoms with Crippen molar-refractivity contribution in [2.24, 2.45) is 5.73 Å². The van der Waals surface area contributed by atoms with Crippen molar-refractivity contribution in [3.63, 3.8) is 0 Å². The highest BCUT2D eigenvalue weighted by Gasteiger charge is 2.34. The molecule has 3 rings (SSSR count). The first-order valence-corrected chi connectivity index (χ1v) is 9.47. The number of alkyl halides is 3. The number of nitrogens with two attached hydrogens (primary N) is 1. The van der Waals surface area contributed by atoms with Gasteiger partial charge in [-0.1, -0.05) is 11.6 Å². The maximum Gasteiger partial charge on any atom is 0.433 e. The number of primary amides is 1. The third-order valence-corrected chi connectivity index (χ3v) is 5.56. The fourth-order valence-electron chi connectivity index (χ4n) is 2.75. The highest BCUT2D eigenvalue weighted by Crippen LogP contribution is 2.39. The number of thiophene rings is 1. The zero-order valence-electron chi connectivity index (χ0n) is 15.2. The number of nitrogens with zero attached hydrogens (tertiary/aromatic N) is 3. The van der Waals surface area contributed by atoms with E-state index in [1.807, 2.05) is 0 Å². The number of anilines is 1. The Morgan fingerprint density at radius 3 is 2.59 bits per heavy atom. The summed E-state index contributed by atoms with van der Waals surface area (Å²) in [6.07, 6.45) is -3.06. The number of aryl methyl sites for hydroxylation is 3. The molecule has 0 fully saturated rings. The molecule has 0 aromatic carbocycles. The molecule has 0 unspecified atom stereocenters. The Labute approximate surface area is 171 Å². The van der Waals surface area contributed by atoms with Gasteiger partial charge in [0.1, 0.15) is 15.4 Å². The predicted molar refractivity (Wildman–Crippen MR) is 103 cm³/mol. The van der Waals surface area contributed by atoms with Crippen LogP contribution in [-0.2, 0) is 17.5 Å². The van der Waals surface area contributed by atoms with Crippen LogP contribution in [0.4, 0.5) is 18.9 Å². The molecule has 3 aromatic rings. The van der Waals surface area contributed by atoms with E-state index in [4.69, 9.17) is 17.3 Å². The molecule has 0 atom stereocenters. The molecule has 0 spiro atoms. The molecule has 7 nitrogen and oxygen atoms in total. The first kappa shape index (κ1) is 21.1. The van der Waals surface area contributed by atoms with Crippen LogP contribution in [0.15, 0.2) is 12.3 Å². The van der Waals surface area contributed by atoms with Crippen molar-refractivity contribution >= 4 is 50.7 Å². The van der Waals surface area contributed by atoms with E-state index >= 15 is 0 Å². The Bertz CT molecular complexity index is 1100. The Hall–Kier alpha value is -2.66. The van der Waals surface area contributed by atoms with Gasteiger partial charge in [-0.25, -0.2) is 4.98 Å². The standard InChI is InChI=1S/C17H15ClF3N5O2S/c1-7-5-10(17(19,20)21)23-16-12(7)13(14(29-16)15(22)28)24-11(27)3-4-26-6-9(18)8(2)25-26/h5-6H,3-4H2,1-2H3,(H2,22,28)(H,24,27). The molecule has 12 heteroatoms. The quantitative estimate of drug-likeness (QED) is 0.621. The molecular weight excluding hydrogens is 431 g/mol. The second-order valence-electron chi connectivity index (χ2n) is 6.30. The first-order chi connectivity index (χ1) is 13.5. The van der Waals surface area contributed by atoms with Crippen LogP contribution in [0.5, 0.6) is 0 Å². The highest BCUT2D eigenvalue weighted by atomic mass is 35.5. The molecule has 3 N–H and O–H groups in total. The van der Waals surface area contributed by atoms with Crippen LogP contribution in [0.3, 0.4) is 0 Å². The number of carbonyl (C=O) groups excluding carboxylic acids is 2. The first-order valence-electron chi connectivity index (χ1n) is 8.28. The number of aromatic nitrogens is 3. The van der Waals surface area contributed by atoms with Gasteiger partial charge >= 0.3 is 6.18 Å². The highest BCUT2D eigenvalue weighted by molar-refractivity contribution is 7.21. The van der Waals surface area contributed by atoms with Crippen molar-refractivity contribution in [3.05, 3.63) is 39.1 Å². The van der Waals surface area contributed by atoms with Crippen LogP contribution in [0.2, 0.25) is 5.02 Å². The van der Waals surface area contributed by atoms with E-state index in [1.165, 1.54) is 11.6 Å². The molecule has 0 radical (unpaired) electrons. The summed E-state index contributed by atoms with van der Waals surface area (Å²) in [5, 5.41) is 7.44. The van der Waals surface area contributed by atoms with E-state index in [-0.39, 0.29) is 39.3 Å². The SMILES string of the molecule is Cc1nn(CCC(=O)Nc2c(C(N)=O)sc3nc(C(F)(F)F)cc(C)c23)cc1Cl. The number of hydrogen-bond acceptors (Lipinski definition) is 5. The molecule has 0 aliphatic rings. The number of halogens is 4. The van der Waals surface area contributed by atoms with Gasteiger partial charge in [0.15, 0.2) is 0 Å². The Balaban J connectivity index is 1.91. The minimum atomic E-state index is -4.64. The summed E-state index contributed by atoms with van der Waals surface area (Å²) in [5.41, 5.74) is 5.18. The number of carbonyl (C=O) groups is 2. The maximum absolute atomic E-state index is 13.0. The minimum Gasteiger partial charge on any atom is -0.365 e. The van der Waals surface area contributed by atoms with E-state index in [0.717, 1.165) is 6.07 Å². The lowest BCUT2D eigenvalue weighted by Crippen LogP contribution is -2.18. The lowest BCUT2D eigenvalue weighted by Gasteiger charge is -2.10. The van der Waals surface area contributed by atoms with Crippen LogP contribution >= 0.6 is 22.9 Å². The van der Waals surface area contributed by atoms with Gasteiger partial charge in [-0.15, -0.1) is 11.3 Å². The molecule has 0 aliphatic carbocycles. The molecule has 0 aliphatic heterocycles. The Kier molecular flexibility index (Phi) is 5.54. The van der Waals surface area contributed by atoms with Crippen LogP contribution in [-0.4, -0.2) is 26.6 Å². The molecular formula is C17H15ClF3N5O2S. The minimum absolute atomic E-state index is 0.000101. The molecule has 0 saturated carbocycles. The van der Waals surface area contributed by atoms with E-state index in [1.54, 1.807) is 13.1 Å². The van der Waals surface area contributed by atoms with Crippen LogP contribution in [0.25, 0.3) is 10.2 Å². The second-order valence-corrected chi connectivity index (χ2v) is 7.70.